The molecule has 0 radical (unpaired) electrons. The number of carbonyl (C=O) groups is 1. The predicted octanol–water partition coefficient (Wildman–Crippen LogP) is 0.888. The number of rotatable bonds is 3. The first-order valence-corrected chi connectivity index (χ1v) is 7.48. The average molecular weight is 308 g/mol. The Labute approximate surface area is 129 Å². The monoisotopic (exact) mass is 308 g/mol. The van der Waals surface area contributed by atoms with Gasteiger partial charge in [-0.05, 0) is 32.3 Å². The van der Waals surface area contributed by atoms with Gasteiger partial charge in [-0.25, -0.2) is 4.39 Å². The van der Waals surface area contributed by atoms with Crippen LogP contribution in [0.25, 0.3) is 0 Å². The van der Waals surface area contributed by atoms with Gasteiger partial charge in [0.25, 0.3) is 0 Å². The summed E-state index contributed by atoms with van der Waals surface area (Å²) in [5, 5.41) is 9.61. The maximum absolute atomic E-state index is 13.7. The van der Waals surface area contributed by atoms with Crippen LogP contribution in [-0.4, -0.2) is 61.2 Å². The first-order chi connectivity index (χ1) is 10.5. The molecule has 1 saturated heterocycles. The molecule has 3 atom stereocenters. The molecule has 0 aromatic heterocycles. The minimum absolute atomic E-state index is 0.000913. The number of aliphatic hydroxyl groups excluding tert-OH is 1. The number of carbonyl (C=O) groups excluding carboxylic acids is 1. The second-order valence-electron chi connectivity index (χ2n) is 6.33. The van der Waals surface area contributed by atoms with E-state index in [0.29, 0.717) is 31.0 Å². The van der Waals surface area contributed by atoms with Crippen molar-refractivity contribution in [2.75, 3.05) is 40.4 Å². The minimum atomic E-state index is -0.338. The van der Waals surface area contributed by atoms with Crippen molar-refractivity contribution in [2.24, 2.45) is 11.8 Å². The molecule has 3 rings (SSSR count). The lowest BCUT2D eigenvalue weighted by Gasteiger charge is -2.34. The fourth-order valence-corrected chi connectivity index (χ4v) is 3.50. The molecule has 0 saturated carbocycles. The molecular weight excluding hydrogens is 287 g/mol. The van der Waals surface area contributed by atoms with Gasteiger partial charge in [0.2, 0.25) is 5.91 Å². The summed E-state index contributed by atoms with van der Waals surface area (Å²) in [7, 11) is 3.68. The average Bonchev–Trinajstić information content (AvgIpc) is 2.85. The maximum Gasteiger partial charge on any atom is 0.237 e. The van der Waals surface area contributed by atoms with E-state index in [-0.39, 0.29) is 36.2 Å². The van der Waals surface area contributed by atoms with Crippen LogP contribution < -0.4 is 4.74 Å². The van der Waals surface area contributed by atoms with Crippen LogP contribution in [0.3, 0.4) is 0 Å². The van der Waals surface area contributed by atoms with Gasteiger partial charge < -0.3 is 19.6 Å². The van der Waals surface area contributed by atoms with Gasteiger partial charge in [0.15, 0.2) is 0 Å². The van der Waals surface area contributed by atoms with E-state index >= 15 is 0 Å². The number of hydrogen-bond acceptors (Lipinski definition) is 4. The molecule has 1 N–H and O–H groups in total. The van der Waals surface area contributed by atoms with Gasteiger partial charge in [0.1, 0.15) is 11.6 Å². The normalized spacial score (nSPS) is 26.6. The number of likely N-dealkylation sites (N-methyl/N-ethyl adjacent to an activating group) is 1. The first-order valence-electron chi connectivity index (χ1n) is 7.48. The second kappa shape index (κ2) is 5.85. The molecule has 1 fully saturated rings. The van der Waals surface area contributed by atoms with Gasteiger partial charge in [-0.2, -0.15) is 0 Å². The molecule has 2 heterocycles. The highest BCUT2D eigenvalue weighted by Crippen LogP contribution is 2.47. The fourth-order valence-electron chi connectivity index (χ4n) is 3.50. The smallest absolute Gasteiger partial charge is 0.237 e. The van der Waals surface area contributed by atoms with Crippen molar-refractivity contribution in [3.63, 3.8) is 0 Å². The number of benzene rings is 1. The Bertz CT molecular complexity index is 579. The van der Waals surface area contributed by atoms with Crippen molar-refractivity contribution in [3.8, 4) is 5.75 Å². The van der Waals surface area contributed by atoms with Crippen LogP contribution in [0.5, 0.6) is 5.75 Å². The van der Waals surface area contributed by atoms with E-state index in [0.717, 1.165) is 0 Å². The minimum Gasteiger partial charge on any atom is -0.493 e. The Morgan fingerprint density at radius 1 is 1.50 bits per heavy atom. The SMILES string of the molecule is CN(C)CC(=O)N1C[C@@H](CO)[C@@H]2COc3ccc(F)cc3[C@@H]21. The Hall–Kier alpha value is -1.66. The number of halogens is 1. The number of aliphatic hydroxyl groups is 1. The summed E-state index contributed by atoms with van der Waals surface area (Å²) >= 11 is 0. The van der Waals surface area contributed by atoms with Gasteiger partial charge in [-0.15, -0.1) is 0 Å². The zero-order chi connectivity index (χ0) is 15.9. The molecule has 0 bridgehead atoms. The molecule has 22 heavy (non-hydrogen) atoms. The highest BCUT2D eigenvalue weighted by molar-refractivity contribution is 5.79. The molecule has 0 unspecified atom stereocenters. The van der Waals surface area contributed by atoms with Crippen molar-refractivity contribution >= 4 is 5.91 Å². The summed E-state index contributed by atoms with van der Waals surface area (Å²) < 4.78 is 19.4. The van der Waals surface area contributed by atoms with Crippen molar-refractivity contribution in [1.82, 2.24) is 9.80 Å². The second-order valence-corrected chi connectivity index (χ2v) is 6.33. The van der Waals surface area contributed by atoms with Crippen LogP contribution in [0.4, 0.5) is 4.39 Å². The van der Waals surface area contributed by atoms with E-state index in [4.69, 9.17) is 4.74 Å². The third-order valence-corrected chi connectivity index (χ3v) is 4.51. The number of nitrogens with zero attached hydrogens (tertiary/aromatic N) is 2. The van der Waals surface area contributed by atoms with Crippen LogP contribution in [0.1, 0.15) is 11.6 Å². The molecular formula is C16H21FN2O3. The molecule has 1 amide bonds. The van der Waals surface area contributed by atoms with Crippen molar-refractivity contribution < 1.29 is 19.0 Å². The molecule has 0 aliphatic carbocycles. The van der Waals surface area contributed by atoms with Crippen molar-refractivity contribution in [3.05, 3.63) is 29.6 Å². The van der Waals surface area contributed by atoms with Gasteiger partial charge in [-0.3, -0.25) is 4.79 Å². The van der Waals surface area contributed by atoms with E-state index in [1.54, 1.807) is 11.0 Å². The summed E-state index contributed by atoms with van der Waals surface area (Å²) in [6, 6.07) is 4.21. The quantitative estimate of drug-likeness (QED) is 0.901. The largest absolute Gasteiger partial charge is 0.493 e. The summed E-state index contributed by atoms with van der Waals surface area (Å²) in [6.45, 7) is 1.23. The lowest BCUT2D eigenvalue weighted by molar-refractivity contribution is -0.133. The van der Waals surface area contributed by atoms with Gasteiger partial charge in [-0.1, -0.05) is 0 Å². The molecule has 5 nitrogen and oxygen atoms in total. The van der Waals surface area contributed by atoms with E-state index in [1.165, 1.54) is 12.1 Å². The fraction of sp³-hybridized carbons (Fsp3) is 0.562. The van der Waals surface area contributed by atoms with E-state index < -0.39 is 0 Å². The Balaban J connectivity index is 1.97. The van der Waals surface area contributed by atoms with E-state index in [9.17, 15) is 14.3 Å². The first kappa shape index (κ1) is 15.2. The van der Waals surface area contributed by atoms with E-state index in [2.05, 4.69) is 0 Å². The van der Waals surface area contributed by atoms with Crippen LogP contribution in [0, 0.1) is 17.7 Å². The molecule has 1 aromatic rings. The lowest BCUT2D eigenvalue weighted by atomic mass is 9.85. The topological polar surface area (TPSA) is 53.0 Å². The zero-order valence-corrected chi connectivity index (χ0v) is 12.8. The number of ether oxygens (including phenoxy) is 1. The van der Waals surface area contributed by atoms with Crippen LogP contribution in [0.2, 0.25) is 0 Å². The van der Waals surface area contributed by atoms with E-state index in [1.807, 2.05) is 19.0 Å². The molecule has 2 aliphatic rings. The molecule has 120 valence electrons. The van der Waals surface area contributed by atoms with Gasteiger partial charge in [0.05, 0.1) is 19.2 Å². The third kappa shape index (κ3) is 2.57. The molecule has 1 aromatic carbocycles. The van der Waals surface area contributed by atoms with Gasteiger partial charge in [0, 0.05) is 30.6 Å². The predicted molar refractivity (Wildman–Crippen MR) is 79.0 cm³/mol. The maximum atomic E-state index is 13.7. The molecule has 2 aliphatic heterocycles. The number of fused-ring (bicyclic) bond motifs is 3. The highest BCUT2D eigenvalue weighted by atomic mass is 19.1. The number of likely N-dealkylation sites (tertiary alicyclic amines) is 1. The van der Waals surface area contributed by atoms with Crippen molar-refractivity contribution in [2.45, 2.75) is 6.04 Å². The van der Waals surface area contributed by atoms with Crippen LogP contribution in [-0.2, 0) is 4.79 Å². The zero-order valence-electron chi connectivity index (χ0n) is 12.8. The number of amides is 1. The van der Waals surface area contributed by atoms with Crippen LogP contribution >= 0.6 is 0 Å². The number of hydrogen-bond donors (Lipinski definition) is 1. The Morgan fingerprint density at radius 2 is 2.27 bits per heavy atom. The standard InChI is InChI=1S/C16H21FN2O3/c1-18(2)7-15(21)19-6-10(8-20)13-9-22-14-4-3-11(17)5-12(14)16(13)19/h3-5,10,13,16,20H,6-9H2,1-2H3/t10-,13-,16-/m0/s1. The van der Waals surface area contributed by atoms with Gasteiger partial charge >= 0.3 is 0 Å². The summed E-state index contributed by atoms with van der Waals surface area (Å²) in [4.78, 5) is 16.1. The third-order valence-electron chi connectivity index (χ3n) is 4.51. The lowest BCUT2D eigenvalue weighted by Crippen LogP contribution is -2.40. The Kier molecular flexibility index (Phi) is 4.06. The van der Waals surface area contributed by atoms with Crippen molar-refractivity contribution in [1.29, 1.82) is 0 Å². The summed E-state index contributed by atoms with van der Waals surface area (Å²) in [6.07, 6.45) is 0. The van der Waals surface area contributed by atoms with Crippen LogP contribution in [0.15, 0.2) is 18.2 Å². The molecule has 6 heteroatoms. The summed E-state index contributed by atoms with van der Waals surface area (Å²) in [5.74, 6) is 0.255. The Morgan fingerprint density at radius 3 is 2.95 bits per heavy atom. The highest BCUT2D eigenvalue weighted by Gasteiger charge is 2.47. The summed E-state index contributed by atoms with van der Waals surface area (Å²) in [5.41, 5.74) is 0.708. The molecule has 0 spiro atoms.